The molecule has 0 atom stereocenters. The highest BCUT2D eigenvalue weighted by molar-refractivity contribution is 8.18. The molecule has 2 heterocycles. The largest absolute Gasteiger partial charge is 0.353 e. The molecule has 2 N–H and O–H groups in total. The molecule has 0 saturated carbocycles. The van der Waals surface area contributed by atoms with E-state index < -0.39 is 46.9 Å². The Balaban J connectivity index is 1.53. The van der Waals surface area contributed by atoms with Crippen molar-refractivity contribution in [1.82, 2.24) is 20.4 Å². The van der Waals surface area contributed by atoms with Gasteiger partial charge in [0.25, 0.3) is 17.1 Å². The molecule has 2 aliphatic heterocycles. The van der Waals surface area contributed by atoms with E-state index in [0.717, 1.165) is 21.6 Å². The Bertz CT molecular complexity index is 990. The standard InChI is InChI=1S/C21H23FN4O5S/c1-3-21(4-2)18(29)26(19(30)24-21)12-16(27)23-9-10-25-17(28)15(32-20(25)31)11-13-5-7-14(22)8-6-13/h5-8,11H,3-4,9-10,12H2,1-2H3,(H,23,27)(H,24,30)/b15-11+. The summed E-state index contributed by atoms with van der Waals surface area (Å²) in [6.45, 7) is 3.03. The number of hydrogen-bond donors (Lipinski definition) is 2. The Kier molecular flexibility index (Phi) is 6.97. The smallest absolute Gasteiger partial charge is 0.325 e. The first kappa shape index (κ1) is 23.5. The first-order chi connectivity index (χ1) is 15.2. The lowest BCUT2D eigenvalue weighted by atomic mass is 9.93. The van der Waals surface area contributed by atoms with Gasteiger partial charge in [0.1, 0.15) is 17.9 Å². The number of imide groups is 2. The molecular weight excluding hydrogens is 439 g/mol. The van der Waals surface area contributed by atoms with E-state index in [1.807, 2.05) is 0 Å². The summed E-state index contributed by atoms with van der Waals surface area (Å²) in [4.78, 5) is 63.6. The molecule has 1 aromatic rings. The van der Waals surface area contributed by atoms with Crippen molar-refractivity contribution in [2.45, 2.75) is 32.2 Å². The van der Waals surface area contributed by atoms with Crippen LogP contribution in [0.1, 0.15) is 32.3 Å². The number of halogens is 1. The number of amides is 6. The Hall–Kier alpha value is -3.21. The second-order valence-corrected chi connectivity index (χ2v) is 8.34. The fraction of sp³-hybridized carbons (Fsp3) is 0.381. The fourth-order valence-electron chi connectivity index (χ4n) is 3.46. The average molecular weight is 463 g/mol. The third-order valence-electron chi connectivity index (χ3n) is 5.45. The second kappa shape index (κ2) is 9.51. The molecule has 0 unspecified atom stereocenters. The second-order valence-electron chi connectivity index (χ2n) is 7.35. The van der Waals surface area contributed by atoms with Crippen LogP contribution in [-0.2, 0) is 14.4 Å². The topological polar surface area (TPSA) is 116 Å². The van der Waals surface area contributed by atoms with Crippen molar-refractivity contribution < 1.29 is 28.4 Å². The summed E-state index contributed by atoms with van der Waals surface area (Å²) >= 11 is 0.757. The summed E-state index contributed by atoms with van der Waals surface area (Å²) in [6, 6.07) is 4.87. The van der Waals surface area contributed by atoms with Crippen LogP contribution in [0.3, 0.4) is 0 Å². The number of carbonyl (C=O) groups excluding carboxylic acids is 5. The molecule has 2 aliphatic rings. The van der Waals surface area contributed by atoms with Gasteiger partial charge in [0.15, 0.2) is 0 Å². The van der Waals surface area contributed by atoms with Crippen LogP contribution in [0.5, 0.6) is 0 Å². The van der Waals surface area contributed by atoms with E-state index in [0.29, 0.717) is 18.4 Å². The van der Waals surface area contributed by atoms with Crippen molar-refractivity contribution in [2.75, 3.05) is 19.6 Å². The molecule has 1 aromatic carbocycles. The molecule has 0 spiro atoms. The number of nitrogens with one attached hydrogen (secondary N) is 2. The van der Waals surface area contributed by atoms with Crippen molar-refractivity contribution in [2.24, 2.45) is 0 Å². The van der Waals surface area contributed by atoms with Gasteiger partial charge in [0.2, 0.25) is 5.91 Å². The van der Waals surface area contributed by atoms with Crippen molar-refractivity contribution in [3.63, 3.8) is 0 Å². The number of nitrogens with zero attached hydrogens (tertiary/aromatic N) is 2. The normalized spacial score (nSPS) is 19.2. The maximum Gasteiger partial charge on any atom is 0.325 e. The molecule has 3 rings (SSSR count). The van der Waals surface area contributed by atoms with E-state index in [1.54, 1.807) is 13.8 Å². The fourth-order valence-corrected chi connectivity index (χ4v) is 4.32. The summed E-state index contributed by atoms with van der Waals surface area (Å²) in [5.41, 5.74) is -0.412. The molecule has 0 bridgehead atoms. The number of urea groups is 1. The van der Waals surface area contributed by atoms with Crippen LogP contribution in [-0.4, -0.2) is 64.0 Å². The Morgan fingerprint density at radius 2 is 1.78 bits per heavy atom. The number of carbonyl (C=O) groups is 5. The molecule has 0 radical (unpaired) electrons. The zero-order valence-corrected chi connectivity index (χ0v) is 18.5. The molecule has 2 saturated heterocycles. The van der Waals surface area contributed by atoms with Crippen molar-refractivity contribution in [3.8, 4) is 0 Å². The Morgan fingerprint density at radius 3 is 2.38 bits per heavy atom. The summed E-state index contributed by atoms with van der Waals surface area (Å²) in [6.07, 6.45) is 2.32. The first-order valence-corrected chi connectivity index (χ1v) is 10.9. The van der Waals surface area contributed by atoms with Crippen molar-refractivity contribution in [3.05, 3.63) is 40.6 Å². The summed E-state index contributed by atoms with van der Waals surface area (Å²) in [5.74, 6) is -1.94. The van der Waals surface area contributed by atoms with Crippen LogP contribution >= 0.6 is 11.8 Å². The molecule has 2 fully saturated rings. The van der Waals surface area contributed by atoms with E-state index in [4.69, 9.17) is 0 Å². The van der Waals surface area contributed by atoms with Gasteiger partial charge in [-0.15, -0.1) is 0 Å². The maximum atomic E-state index is 13.0. The van der Waals surface area contributed by atoms with Crippen molar-refractivity contribution in [1.29, 1.82) is 0 Å². The summed E-state index contributed by atoms with van der Waals surface area (Å²) < 4.78 is 13.0. The minimum Gasteiger partial charge on any atom is -0.353 e. The van der Waals surface area contributed by atoms with Crippen LogP contribution in [0.2, 0.25) is 0 Å². The maximum absolute atomic E-state index is 13.0. The number of rotatable bonds is 8. The molecular formula is C21H23FN4O5S. The quantitative estimate of drug-likeness (QED) is 0.452. The van der Waals surface area contributed by atoms with E-state index >= 15 is 0 Å². The van der Waals surface area contributed by atoms with Gasteiger partial charge in [-0.3, -0.25) is 29.0 Å². The third kappa shape index (κ3) is 4.67. The minimum atomic E-state index is -0.990. The SMILES string of the molecule is CCC1(CC)NC(=O)N(CC(=O)NCCN2C(=O)S/C(=C/c3ccc(F)cc3)C2=O)C1=O. The summed E-state index contributed by atoms with van der Waals surface area (Å²) in [5, 5.41) is 4.68. The van der Waals surface area contributed by atoms with Gasteiger partial charge in [-0.2, -0.15) is 0 Å². The lowest BCUT2D eigenvalue weighted by Crippen LogP contribution is -2.47. The van der Waals surface area contributed by atoms with Crippen LogP contribution < -0.4 is 10.6 Å². The van der Waals surface area contributed by atoms with Gasteiger partial charge in [0, 0.05) is 13.1 Å². The van der Waals surface area contributed by atoms with Gasteiger partial charge in [-0.1, -0.05) is 26.0 Å². The van der Waals surface area contributed by atoms with E-state index in [9.17, 15) is 28.4 Å². The van der Waals surface area contributed by atoms with Gasteiger partial charge in [0.05, 0.1) is 4.91 Å². The zero-order chi connectivity index (χ0) is 23.5. The van der Waals surface area contributed by atoms with Crippen molar-refractivity contribution >= 4 is 46.8 Å². The molecule has 6 amide bonds. The lowest BCUT2D eigenvalue weighted by molar-refractivity contribution is -0.135. The minimum absolute atomic E-state index is 0.0307. The Labute approximate surface area is 188 Å². The van der Waals surface area contributed by atoms with Crippen LogP contribution in [0.4, 0.5) is 14.0 Å². The molecule has 32 heavy (non-hydrogen) atoms. The van der Waals surface area contributed by atoms with Gasteiger partial charge < -0.3 is 10.6 Å². The van der Waals surface area contributed by atoms with Gasteiger partial charge in [-0.25, -0.2) is 9.18 Å². The van der Waals surface area contributed by atoms with Crippen LogP contribution in [0, 0.1) is 5.82 Å². The zero-order valence-electron chi connectivity index (χ0n) is 17.6. The molecule has 170 valence electrons. The molecule has 11 heteroatoms. The lowest BCUT2D eigenvalue weighted by Gasteiger charge is -2.23. The van der Waals surface area contributed by atoms with E-state index in [2.05, 4.69) is 10.6 Å². The van der Waals surface area contributed by atoms with Crippen LogP contribution in [0.25, 0.3) is 6.08 Å². The average Bonchev–Trinajstić information content (AvgIpc) is 3.17. The number of thioether (sulfide) groups is 1. The van der Waals surface area contributed by atoms with E-state index in [-0.39, 0.29) is 18.0 Å². The Morgan fingerprint density at radius 1 is 1.12 bits per heavy atom. The predicted molar refractivity (Wildman–Crippen MR) is 116 cm³/mol. The molecule has 0 aliphatic carbocycles. The predicted octanol–water partition coefficient (Wildman–Crippen LogP) is 2.09. The highest BCUT2D eigenvalue weighted by Gasteiger charge is 2.49. The summed E-state index contributed by atoms with van der Waals surface area (Å²) in [7, 11) is 0. The molecule has 0 aromatic heterocycles. The van der Waals surface area contributed by atoms with Gasteiger partial charge in [-0.05, 0) is 48.4 Å². The van der Waals surface area contributed by atoms with E-state index in [1.165, 1.54) is 30.3 Å². The number of hydrogen-bond acceptors (Lipinski definition) is 6. The van der Waals surface area contributed by atoms with Gasteiger partial charge >= 0.3 is 6.03 Å². The monoisotopic (exact) mass is 462 g/mol. The first-order valence-electron chi connectivity index (χ1n) is 10.1. The number of benzene rings is 1. The van der Waals surface area contributed by atoms with Crippen LogP contribution in [0.15, 0.2) is 29.2 Å². The third-order valence-corrected chi connectivity index (χ3v) is 6.36. The highest BCUT2D eigenvalue weighted by Crippen LogP contribution is 2.32. The highest BCUT2D eigenvalue weighted by atomic mass is 32.2. The molecule has 9 nitrogen and oxygen atoms in total.